The lowest BCUT2D eigenvalue weighted by molar-refractivity contribution is -0.137. The van der Waals surface area contributed by atoms with Gasteiger partial charge in [-0.3, -0.25) is 14.4 Å². The minimum Gasteiger partial charge on any atom is -0.481 e. The van der Waals surface area contributed by atoms with Crippen molar-refractivity contribution < 1.29 is 23.9 Å². The minimum absolute atomic E-state index is 0.123. The zero-order valence-electron chi connectivity index (χ0n) is 12.1. The van der Waals surface area contributed by atoms with E-state index >= 15 is 0 Å². The van der Waals surface area contributed by atoms with Crippen LogP contribution >= 0.6 is 0 Å². The van der Waals surface area contributed by atoms with Gasteiger partial charge in [0, 0.05) is 18.5 Å². The van der Waals surface area contributed by atoms with Crippen LogP contribution in [0.4, 0.5) is 4.39 Å². The van der Waals surface area contributed by atoms with Crippen molar-refractivity contribution in [1.29, 1.82) is 0 Å². The van der Waals surface area contributed by atoms with E-state index in [2.05, 4.69) is 10.6 Å². The van der Waals surface area contributed by atoms with E-state index in [9.17, 15) is 18.8 Å². The van der Waals surface area contributed by atoms with Crippen molar-refractivity contribution in [1.82, 2.24) is 10.6 Å². The lowest BCUT2D eigenvalue weighted by atomic mass is 10.2. The maximum absolute atomic E-state index is 12.9. The Morgan fingerprint density at radius 2 is 1.86 bits per heavy atom. The first-order chi connectivity index (χ1) is 10.5. The van der Waals surface area contributed by atoms with Gasteiger partial charge in [-0.2, -0.15) is 0 Å². The molecule has 0 saturated carbocycles. The normalized spacial score (nSPS) is 10.0. The molecule has 7 heteroatoms. The second-order valence-electron chi connectivity index (χ2n) is 4.75. The smallest absolute Gasteiger partial charge is 0.303 e. The first-order valence-electron chi connectivity index (χ1n) is 7.01. The van der Waals surface area contributed by atoms with Crippen molar-refractivity contribution in [2.75, 3.05) is 13.1 Å². The summed E-state index contributed by atoms with van der Waals surface area (Å²) in [6.45, 7) is 0.235. The third-order valence-corrected chi connectivity index (χ3v) is 2.89. The van der Waals surface area contributed by atoms with Crippen LogP contribution in [0.5, 0.6) is 0 Å². The number of hydrogen-bond donors (Lipinski definition) is 3. The van der Waals surface area contributed by atoms with Gasteiger partial charge in [0.25, 0.3) is 5.91 Å². The monoisotopic (exact) mass is 310 g/mol. The Labute approximate surface area is 127 Å². The van der Waals surface area contributed by atoms with Crippen molar-refractivity contribution >= 4 is 17.8 Å². The summed E-state index contributed by atoms with van der Waals surface area (Å²) in [7, 11) is 0. The molecular weight excluding hydrogens is 291 g/mol. The van der Waals surface area contributed by atoms with Gasteiger partial charge in [-0.05, 0) is 31.0 Å². The van der Waals surface area contributed by atoms with Gasteiger partial charge in [-0.1, -0.05) is 12.5 Å². The predicted octanol–water partition coefficient (Wildman–Crippen LogP) is 1.32. The predicted molar refractivity (Wildman–Crippen MR) is 77.8 cm³/mol. The Kier molecular flexibility index (Phi) is 7.60. The van der Waals surface area contributed by atoms with E-state index in [-0.39, 0.29) is 24.4 Å². The van der Waals surface area contributed by atoms with Gasteiger partial charge in [0.1, 0.15) is 5.82 Å². The molecule has 22 heavy (non-hydrogen) atoms. The summed E-state index contributed by atoms with van der Waals surface area (Å²) in [6, 6.07) is 5.20. The van der Waals surface area contributed by atoms with Crippen molar-refractivity contribution in [2.24, 2.45) is 0 Å². The average Bonchev–Trinajstić information content (AvgIpc) is 2.48. The van der Waals surface area contributed by atoms with Crippen molar-refractivity contribution in [2.45, 2.75) is 25.7 Å². The van der Waals surface area contributed by atoms with Crippen molar-refractivity contribution in [3.63, 3.8) is 0 Å². The van der Waals surface area contributed by atoms with Crippen molar-refractivity contribution in [3.05, 3.63) is 35.6 Å². The summed E-state index contributed by atoms with van der Waals surface area (Å²) in [5.74, 6) is -2.21. The molecule has 0 saturated heterocycles. The zero-order chi connectivity index (χ0) is 16.4. The zero-order valence-corrected chi connectivity index (χ0v) is 12.1. The van der Waals surface area contributed by atoms with E-state index < -0.39 is 17.7 Å². The van der Waals surface area contributed by atoms with E-state index in [0.29, 0.717) is 25.8 Å². The number of nitrogens with one attached hydrogen (secondary N) is 2. The van der Waals surface area contributed by atoms with Gasteiger partial charge in [-0.15, -0.1) is 0 Å². The highest BCUT2D eigenvalue weighted by Gasteiger charge is 2.08. The lowest BCUT2D eigenvalue weighted by Gasteiger charge is -2.07. The largest absolute Gasteiger partial charge is 0.481 e. The maximum Gasteiger partial charge on any atom is 0.303 e. The standard InChI is InChI=1S/C15H19FN2O4/c16-12-6-4-5-11(9-12)15(22)18-10-13(19)17-8-3-1-2-7-14(20)21/h4-6,9H,1-3,7-8,10H2,(H,17,19)(H,18,22)(H,20,21). The molecule has 2 amide bonds. The van der Waals surface area contributed by atoms with Gasteiger partial charge in [-0.25, -0.2) is 4.39 Å². The van der Waals surface area contributed by atoms with E-state index in [4.69, 9.17) is 5.11 Å². The molecule has 0 aliphatic carbocycles. The molecule has 1 aromatic carbocycles. The third-order valence-electron chi connectivity index (χ3n) is 2.89. The summed E-state index contributed by atoms with van der Waals surface area (Å²) in [4.78, 5) is 33.5. The quantitative estimate of drug-likeness (QED) is 0.599. The van der Waals surface area contributed by atoms with Crippen LogP contribution in [0, 0.1) is 5.82 Å². The molecule has 0 aliphatic heterocycles. The fourth-order valence-electron chi connectivity index (χ4n) is 1.76. The number of rotatable bonds is 9. The van der Waals surface area contributed by atoms with E-state index in [1.807, 2.05) is 0 Å². The molecule has 3 N–H and O–H groups in total. The van der Waals surface area contributed by atoms with Gasteiger partial charge < -0.3 is 15.7 Å². The third kappa shape index (κ3) is 7.37. The van der Waals surface area contributed by atoms with E-state index in [1.165, 1.54) is 18.2 Å². The fourth-order valence-corrected chi connectivity index (χ4v) is 1.76. The number of unbranched alkanes of at least 4 members (excludes halogenated alkanes) is 2. The molecule has 120 valence electrons. The summed E-state index contributed by atoms with van der Waals surface area (Å²) in [6.07, 6.45) is 2.08. The van der Waals surface area contributed by atoms with Crippen LogP contribution in [-0.2, 0) is 9.59 Å². The molecule has 0 fully saturated rings. The molecule has 0 spiro atoms. The second-order valence-corrected chi connectivity index (χ2v) is 4.75. The molecule has 1 aromatic rings. The lowest BCUT2D eigenvalue weighted by Crippen LogP contribution is -2.37. The summed E-state index contributed by atoms with van der Waals surface area (Å²) >= 11 is 0. The number of benzene rings is 1. The summed E-state index contributed by atoms with van der Waals surface area (Å²) < 4.78 is 12.9. The highest BCUT2D eigenvalue weighted by Crippen LogP contribution is 2.02. The van der Waals surface area contributed by atoms with Gasteiger partial charge in [0.2, 0.25) is 5.91 Å². The highest BCUT2D eigenvalue weighted by molar-refractivity contribution is 5.96. The number of carbonyl (C=O) groups is 3. The molecule has 0 aromatic heterocycles. The van der Waals surface area contributed by atoms with Crippen molar-refractivity contribution in [3.8, 4) is 0 Å². The van der Waals surface area contributed by atoms with Crippen LogP contribution in [-0.4, -0.2) is 36.0 Å². The van der Waals surface area contributed by atoms with E-state index in [0.717, 1.165) is 6.07 Å². The second kappa shape index (κ2) is 9.49. The molecule has 1 rings (SSSR count). The molecule has 0 radical (unpaired) electrons. The molecule has 0 bridgehead atoms. The number of carboxylic acids is 1. The number of halogens is 1. The Bertz CT molecular complexity index is 534. The van der Waals surface area contributed by atoms with Gasteiger partial charge in [0.05, 0.1) is 6.54 Å². The Hall–Kier alpha value is -2.44. The minimum atomic E-state index is -0.830. The first kappa shape index (κ1) is 17.6. The number of amides is 2. The van der Waals surface area contributed by atoms with Crippen LogP contribution in [0.3, 0.4) is 0 Å². The van der Waals surface area contributed by atoms with Crippen LogP contribution in [0.25, 0.3) is 0 Å². The number of carbonyl (C=O) groups excluding carboxylic acids is 2. The SMILES string of the molecule is O=C(O)CCCCCNC(=O)CNC(=O)c1cccc(F)c1. The molecule has 0 heterocycles. The number of carboxylic acid groups (broad SMARTS) is 1. The topological polar surface area (TPSA) is 95.5 Å². The van der Waals surface area contributed by atoms with Gasteiger partial charge in [0.15, 0.2) is 0 Å². The Morgan fingerprint density at radius 3 is 2.55 bits per heavy atom. The van der Waals surface area contributed by atoms with E-state index in [1.54, 1.807) is 0 Å². The number of hydrogen-bond acceptors (Lipinski definition) is 3. The molecular formula is C15H19FN2O4. The highest BCUT2D eigenvalue weighted by atomic mass is 19.1. The molecule has 0 unspecified atom stereocenters. The Balaban J connectivity index is 2.15. The summed E-state index contributed by atoms with van der Waals surface area (Å²) in [5.41, 5.74) is 0.154. The maximum atomic E-state index is 12.9. The summed E-state index contributed by atoms with van der Waals surface area (Å²) in [5, 5.41) is 13.5. The van der Waals surface area contributed by atoms with Crippen LogP contribution in [0.2, 0.25) is 0 Å². The Morgan fingerprint density at radius 1 is 1.09 bits per heavy atom. The fraction of sp³-hybridized carbons (Fsp3) is 0.400. The molecule has 6 nitrogen and oxygen atoms in total. The molecule has 0 atom stereocenters. The van der Waals surface area contributed by atoms with Crippen LogP contribution in [0.15, 0.2) is 24.3 Å². The van der Waals surface area contributed by atoms with Gasteiger partial charge >= 0.3 is 5.97 Å². The van der Waals surface area contributed by atoms with Crippen LogP contribution in [0.1, 0.15) is 36.0 Å². The molecule has 0 aliphatic rings. The number of aliphatic carboxylic acids is 1. The van der Waals surface area contributed by atoms with Crippen LogP contribution < -0.4 is 10.6 Å². The first-order valence-corrected chi connectivity index (χ1v) is 7.01. The average molecular weight is 310 g/mol.